The molecule has 1 aliphatic carbocycles. The maximum Gasteiger partial charge on any atom is 0.166 e. The molecule has 0 fully saturated rings. The highest BCUT2D eigenvalue weighted by Crippen LogP contribution is 2.37. The predicted octanol–water partition coefficient (Wildman–Crippen LogP) is 5.08. The third-order valence-electron chi connectivity index (χ3n) is 4.65. The Bertz CT molecular complexity index is 1060. The highest BCUT2D eigenvalue weighted by Gasteiger charge is 2.28. The second-order valence-electron chi connectivity index (χ2n) is 6.34. The highest BCUT2D eigenvalue weighted by atomic mass is 35.5. The number of aryl methyl sites for hydroxylation is 1. The number of ketones is 1. The van der Waals surface area contributed by atoms with Crippen molar-refractivity contribution in [1.29, 1.82) is 0 Å². The Balaban J connectivity index is 1.98. The van der Waals surface area contributed by atoms with Crippen molar-refractivity contribution in [3.05, 3.63) is 57.7 Å². The molecule has 0 bridgehead atoms. The van der Waals surface area contributed by atoms with Gasteiger partial charge in [0.15, 0.2) is 17.3 Å². The van der Waals surface area contributed by atoms with Gasteiger partial charge in [0.1, 0.15) is 0 Å². The van der Waals surface area contributed by atoms with Crippen molar-refractivity contribution in [1.82, 2.24) is 9.78 Å². The van der Waals surface area contributed by atoms with Crippen molar-refractivity contribution in [2.24, 2.45) is 0 Å². The maximum atomic E-state index is 12.7. The molecule has 0 atom stereocenters. The summed E-state index contributed by atoms with van der Waals surface area (Å²) < 4.78 is 6.79. The van der Waals surface area contributed by atoms with E-state index in [1.807, 2.05) is 6.07 Å². The molecule has 1 aromatic heterocycles. The standard InChI is InChI=1S/C20H16Cl2N2O3/c1-27-18-8-6-12(10-17(18)26)24-20(11-5-7-13(21)14(22)9-11)19-15(23-24)3-2-4-16(19)25/h5-10,26H,2-4H2,1H3. The van der Waals surface area contributed by atoms with Crippen molar-refractivity contribution in [2.45, 2.75) is 19.3 Å². The van der Waals surface area contributed by atoms with Gasteiger partial charge in [-0.2, -0.15) is 5.10 Å². The summed E-state index contributed by atoms with van der Waals surface area (Å²) in [5, 5.41) is 15.7. The molecular formula is C20H16Cl2N2O3. The first-order valence-electron chi connectivity index (χ1n) is 8.47. The van der Waals surface area contributed by atoms with Crippen LogP contribution in [0.25, 0.3) is 16.9 Å². The molecule has 0 amide bonds. The third kappa shape index (κ3) is 3.07. The van der Waals surface area contributed by atoms with Crippen LogP contribution in [0.5, 0.6) is 11.5 Å². The van der Waals surface area contributed by atoms with Crippen LogP contribution in [0.1, 0.15) is 28.9 Å². The van der Waals surface area contributed by atoms with Crippen LogP contribution < -0.4 is 4.74 Å². The lowest BCUT2D eigenvalue weighted by Gasteiger charge is -2.13. The zero-order valence-electron chi connectivity index (χ0n) is 14.5. The van der Waals surface area contributed by atoms with Gasteiger partial charge in [-0.15, -0.1) is 0 Å². The minimum atomic E-state index is -0.00473. The van der Waals surface area contributed by atoms with E-state index in [1.165, 1.54) is 7.11 Å². The Morgan fingerprint density at radius 2 is 1.93 bits per heavy atom. The van der Waals surface area contributed by atoms with Crippen LogP contribution in [0.4, 0.5) is 0 Å². The lowest BCUT2D eigenvalue weighted by molar-refractivity contribution is 0.0973. The smallest absolute Gasteiger partial charge is 0.166 e. The number of carbonyl (C=O) groups excluding carboxylic acids is 1. The van der Waals surface area contributed by atoms with Crippen LogP contribution in [-0.2, 0) is 6.42 Å². The number of methoxy groups -OCH3 is 1. The van der Waals surface area contributed by atoms with E-state index in [9.17, 15) is 9.90 Å². The summed E-state index contributed by atoms with van der Waals surface area (Å²) in [6.45, 7) is 0. The molecule has 3 aromatic rings. The second kappa shape index (κ2) is 6.91. The van der Waals surface area contributed by atoms with Gasteiger partial charge >= 0.3 is 0 Å². The first-order valence-corrected chi connectivity index (χ1v) is 9.23. The molecule has 138 valence electrons. The molecule has 0 radical (unpaired) electrons. The number of ether oxygens (including phenoxy) is 1. The van der Waals surface area contributed by atoms with Gasteiger partial charge in [0.25, 0.3) is 0 Å². The van der Waals surface area contributed by atoms with Crippen LogP contribution in [0.15, 0.2) is 36.4 Å². The number of rotatable bonds is 3. The van der Waals surface area contributed by atoms with Gasteiger partial charge in [0.2, 0.25) is 0 Å². The molecule has 0 saturated heterocycles. The fraction of sp³-hybridized carbons (Fsp3) is 0.200. The number of carbonyl (C=O) groups is 1. The Labute approximate surface area is 166 Å². The van der Waals surface area contributed by atoms with Gasteiger partial charge in [-0.1, -0.05) is 29.3 Å². The first-order chi connectivity index (χ1) is 13.0. The van der Waals surface area contributed by atoms with E-state index in [1.54, 1.807) is 35.0 Å². The summed E-state index contributed by atoms with van der Waals surface area (Å²) in [4.78, 5) is 12.7. The Hall–Kier alpha value is -2.50. The largest absolute Gasteiger partial charge is 0.504 e. The monoisotopic (exact) mass is 402 g/mol. The Kier molecular flexibility index (Phi) is 4.58. The number of halogens is 2. The van der Waals surface area contributed by atoms with Crippen LogP contribution in [0.2, 0.25) is 10.0 Å². The summed E-state index contributed by atoms with van der Waals surface area (Å²) >= 11 is 12.3. The Morgan fingerprint density at radius 1 is 1.11 bits per heavy atom. The van der Waals surface area contributed by atoms with Gasteiger partial charge in [-0.05, 0) is 37.1 Å². The highest BCUT2D eigenvalue weighted by molar-refractivity contribution is 6.42. The molecule has 0 aliphatic heterocycles. The van der Waals surface area contributed by atoms with Gasteiger partial charge in [0, 0.05) is 18.1 Å². The summed E-state index contributed by atoms with van der Waals surface area (Å²) in [6.07, 6.45) is 1.99. The molecule has 0 saturated carbocycles. The van der Waals surface area contributed by atoms with Crippen LogP contribution in [0.3, 0.4) is 0 Å². The number of hydrogen-bond donors (Lipinski definition) is 1. The summed E-state index contributed by atoms with van der Waals surface area (Å²) in [7, 11) is 1.49. The second-order valence-corrected chi connectivity index (χ2v) is 7.16. The van der Waals surface area contributed by atoms with E-state index in [4.69, 9.17) is 27.9 Å². The van der Waals surface area contributed by atoms with Crippen LogP contribution in [0, 0.1) is 0 Å². The summed E-state index contributed by atoms with van der Waals surface area (Å²) in [6, 6.07) is 10.2. The van der Waals surface area contributed by atoms with E-state index in [0.29, 0.717) is 39.2 Å². The van der Waals surface area contributed by atoms with Crippen molar-refractivity contribution >= 4 is 29.0 Å². The number of benzene rings is 2. The van der Waals surface area contributed by atoms with E-state index in [2.05, 4.69) is 5.10 Å². The molecule has 5 nitrogen and oxygen atoms in total. The van der Waals surface area contributed by atoms with E-state index in [-0.39, 0.29) is 11.5 Å². The molecule has 7 heteroatoms. The average molecular weight is 403 g/mol. The van der Waals surface area contributed by atoms with Crippen molar-refractivity contribution in [3.63, 3.8) is 0 Å². The molecule has 0 spiro atoms. The number of aromatic nitrogens is 2. The zero-order valence-corrected chi connectivity index (χ0v) is 16.0. The van der Waals surface area contributed by atoms with E-state index in [0.717, 1.165) is 24.1 Å². The number of phenolic OH excluding ortho intramolecular Hbond substituents is 1. The first kappa shape index (κ1) is 17.9. The van der Waals surface area contributed by atoms with Crippen molar-refractivity contribution < 1.29 is 14.6 Å². The molecule has 4 rings (SSSR count). The molecule has 1 N–H and O–H groups in total. The minimum Gasteiger partial charge on any atom is -0.504 e. The van der Waals surface area contributed by atoms with Gasteiger partial charge in [-0.3, -0.25) is 4.79 Å². The molecule has 2 aromatic carbocycles. The number of fused-ring (bicyclic) bond motifs is 1. The molecule has 0 unspecified atom stereocenters. The third-order valence-corrected chi connectivity index (χ3v) is 5.39. The maximum absolute atomic E-state index is 12.7. The predicted molar refractivity (Wildman–Crippen MR) is 105 cm³/mol. The fourth-order valence-corrected chi connectivity index (χ4v) is 3.68. The van der Waals surface area contributed by atoms with Crippen molar-refractivity contribution in [3.8, 4) is 28.4 Å². The quantitative estimate of drug-likeness (QED) is 0.663. The van der Waals surface area contributed by atoms with Gasteiger partial charge < -0.3 is 9.84 Å². The Morgan fingerprint density at radius 3 is 2.63 bits per heavy atom. The zero-order chi connectivity index (χ0) is 19.1. The normalized spacial score (nSPS) is 13.5. The average Bonchev–Trinajstić information content (AvgIpc) is 3.05. The van der Waals surface area contributed by atoms with Crippen LogP contribution >= 0.6 is 23.2 Å². The van der Waals surface area contributed by atoms with Crippen LogP contribution in [-0.4, -0.2) is 27.8 Å². The lowest BCUT2D eigenvalue weighted by Crippen LogP contribution is -2.10. The number of phenols is 1. The van der Waals surface area contributed by atoms with Gasteiger partial charge in [-0.25, -0.2) is 4.68 Å². The summed E-state index contributed by atoms with van der Waals surface area (Å²) in [5.41, 5.74) is 3.37. The topological polar surface area (TPSA) is 64.4 Å². The lowest BCUT2D eigenvalue weighted by atomic mass is 9.92. The number of nitrogens with zero attached hydrogens (tertiary/aromatic N) is 2. The van der Waals surface area contributed by atoms with E-state index >= 15 is 0 Å². The molecule has 1 aliphatic rings. The number of Topliss-reactive ketones (excluding diaryl/α,β-unsaturated/α-hetero) is 1. The fourth-order valence-electron chi connectivity index (χ4n) is 3.38. The number of aromatic hydroxyl groups is 1. The molecule has 1 heterocycles. The minimum absolute atomic E-state index is 0.00473. The van der Waals surface area contributed by atoms with E-state index < -0.39 is 0 Å². The SMILES string of the molecule is COc1ccc(-n2nc3c(c2-c2ccc(Cl)c(Cl)c2)C(=O)CCC3)cc1O. The number of hydrogen-bond acceptors (Lipinski definition) is 4. The summed E-state index contributed by atoms with van der Waals surface area (Å²) in [5.74, 6) is 0.416. The molecular weight excluding hydrogens is 387 g/mol. The van der Waals surface area contributed by atoms with Gasteiger partial charge in [0.05, 0.1) is 39.8 Å². The van der Waals surface area contributed by atoms with Crippen molar-refractivity contribution in [2.75, 3.05) is 7.11 Å². The molecule has 27 heavy (non-hydrogen) atoms.